The van der Waals surface area contributed by atoms with Crippen molar-refractivity contribution in [1.82, 2.24) is 19.4 Å². The van der Waals surface area contributed by atoms with Crippen molar-refractivity contribution in [3.63, 3.8) is 0 Å². The second kappa shape index (κ2) is 7.89. The van der Waals surface area contributed by atoms with Crippen molar-refractivity contribution in [3.05, 3.63) is 75.7 Å². The number of hydrogen-bond acceptors (Lipinski definition) is 6. The highest BCUT2D eigenvalue weighted by atomic mass is 16.3. The van der Waals surface area contributed by atoms with Crippen molar-refractivity contribution in [2.24, 2.45) is 5.92 Å². The van der Waals surface area contributed by atoms with E-state index in [4.69, 9.17) is 8.83 Å². The summed E-state index contributed by atoms with van der Waals surface area (Å²) in [6.45, 7) is 6.85. The first kappa shape index (κ1) is 19.3. The van der Waals surface area contributed by atoms with E-state index in [1.807, 2.05) is 30.7 Å². The number of nitrogens with zero attached hydrogens (tertiary/aromatic N) is 4. The minimum absolute atomic E-state index is 0.168. The smallest absolute Gasteiger partial charge is 0.255 e. The van der Waals surface area contributed by atoms with E-state index in [1.54, 1.807) is 18.8 Å². The predicted octanol–water partition coefficient (Wildman–Crippen LogP) is 2.99. The van der Waals surface area contributed by atoms with E-state index in [-0.39, 0.29) is 5.56 Å². The van der Waals surface area contributed by atoms with Crippen LogP contribution >= 0.6 is 0 Å². The SMILES string of the molecule is Cc1nc(CN2C[C@@H]3C[C@H](C2)c2ccc(CN(C)Cc4ccoc4)c(=O)n2C3)co1. The van der Waals surface area contributed by atoms with E-state index in [9.17, 15) is 4.79 Å². The number of pyridine rings is 1. The molecule has 7 heteroatoms. The number of aromatic nitrogens is 2. The number of fused-ring (bicyclic) bond motifs is 4. The van der Waals surface area contributed by atoms with Crippen molar-refractivity contribution in [3.8, 4) is 0 Å². The van der Waals surface area contributed by atoms with Crippen LogP contribution in [0, 0.1) is 12.8 Å². The lowest BCUT2D eigenvalue weighted by Crippen LogP contribution is -2.47. The van der Waals surface area contributed by atoms with Crippen molar-refractivity contribution in [2.75, 3.05) is 20.1 Å². The fraction of sp³-hybridized carbons (Fsp3) is 0.478. The fourth-order valence-electron chi connectivity index (χ4n) is 5.09. The van der Waals surface area contributed by atoms with Gasteiger partial charge in [0.25, 0.3) is 5.56 Å². The molecule has 5 rings (SSSR count). The number of oxazole rings is 1. The Hall–Kier alpha value is -2.64. The van der Waals surface area contributed by atoms with E-state index in [2.05, 4.69) is 20.9 Å². The predicted molar refractivity (Wildman–Crippen MR) is 112 cm³/mol. The Labute approximate surface area is 175 Å². The Morgan fingerprint density at radius 1 is 1.17 bits per heavy atom. The lowest BCUT2D eigenvalue weighted by atomic mass is 9.83. The average Bonchev–Trinajstić information content (AvgIpc) is 3.36. The average molecular weight is 409 g/mol. The molecular weight excluding hydrogens is 380 g/mol. The first-order valence-corrected chi connectivity index (χ1v) is 10.6. The molecule has 2 aliphatic heterocycles. The van der Waals surface area contributed by atoms with E-state index in [1.165, 1.54) is 5.69 Å². The molecule has 3 aromatic heterocycles. The summed E-state index contributed by atoms with van der Waals surface area (Å²) in [5, 5.41) is 0. The molecule has 0 radical (unpaired) electrons. The zero-order valence-electron chi connectivity index (χ0n) is 17.6. The molecule has 0 saturated carbocycles. The molecule has 1 fully saturated rings. The van der Waals surface area contributed by atoms with Crippen LogP contribution in [0.25, 0.3) is 0 Å². The standard InChI is InChI=1S/C23H28N4O3/c1-16-24-21(15-30-16)13-26-9-18-7-20(12-26)22-4-3-19(23(28)27(22)10-18)11-25(2)8-17-5-6-29-14-17/h3-6,14-15,18,20H,7-13H2,1-2H3/t18-,20+/m0/s1. The molecule has 5 heterocycles. The molecule has 2 bridgehead atoms. The van der Waals surface area contributed by atoms with Crippen molar-refractivity contribution >= 4 is 0 Å². The first-order chi connectivity index (χ1) is 14.5. The highest BCUT2D eigenvalue weighted by Crippen LogP contribution is 2.35. The van der Waals surface area contributed by atoms with Crippen molar-refractivity contribution in [1.29, 1.82) is 0 Å². The third-order valence-electron chi connectivity index (χ3n) is 6.28. The van der Waals surface area contributed by atoms with Crippen LogP contribution in [-0.2, 0) is 26.2 Å². The van der Waals surface area contributed by atoms with Gasteiger partial charge in [-0.05, 0) is 31.5 Å². The molecule has 2 aliphatic rings. The van der Waals surface area contributed by atoms with Crippen LogP contribution in [0.3, 0.4) is 0 Å². The summed E-state index contributed by atoms with van der Waals surface area (Å²) in [6.07, 6.45) is 6.35. The summed E-state index contributed by atoms with van der Waals surface area (Å²) in [5.74, 6) is 1.61. The zero-order chi connectivity index (χ0) is 20.7. The number of piperidine rings is 1. The maximum atomic E-state index is 13.2. The maximum absolute atomic E-state index is 13.2. The summed E-state index contributed by atoms with van der Waals surface area (Å²) in [4.78, 5) is 22.3. The quantitative estimate of drug-likeness (QED) is 0.625. The molecule has 30 heavy (non-hydrogen) atoms. The molecule has 0 N–H and O–H groups in total. The topological polar surface area (TPSA) is 67.7 Å². The highest BCUT2D eigenvalue weighted by molar-refractivity contribution is 5.22. The molecule has 1 saturated heterocycles. The molecular formula is C23H28N4O3. The molecule has 0 unspecified atom stereocenters. The third-order valence-corrected chi connectivity index (χ3v) is 6.28. The largest absolute Gasteiger partial charge is 0.472 e. The third kappa shape index (κ3) is 3.87. The molecule has 7 nitrogen and oxygen atoms in total. The molecule has 3 aromatic rings. The van der Waals surface area contributed by atoms with Gasteiger partial charge in [-0.2, -0.15) is 0 Å². The summed E-state index contributed by atoms with van der Waals surface area (Å²) in [6, 6.07) is 6.16. The van der Waals surface area contributed by atoms with Crippen LogP contribution in [0.5, 0.6) is 0 Å². The van der Waals surface area contributed by atoms with E-state index in [0.29, 0.717) is 24.3 Å². The van der Waals surface area contributed by atoms with Gasteiger partial charge in [-0.3, -0.25) is 14.6 Å². The van der Waals surface area contributed by atoms with Gasteiger partial charge in [0, 0.05) is 68.9 Å². The van der Waals surface area contributed by atoms with Crippen molar-refractivity contribution in [2.45, 2.75) is 45.4 Å². The molecule has 2 atom stereocenters. The molecule has 0 aromatic carbocycles. The molecule has 0 aliphatic carbocycles. The van der Waals surface area contributed by atoms with Crippen LogP contribution in [0.2, 0.25) is 0 Å². The number of aryl methyl sites for hydroxylation is 1. The Bertz CT molecular complexity index is 1070. The number of likely N-dealkylation sites (tertiary alicyclic amines) is 1. The lowest BCUT2D eigenvalue weighted by molar-refractivity contribution is 0.113. The minimum Gasteiger partial charge on any atom is -0.472 e. The van der Waals surface area contributed by atoms with Gasteiger partial charge in [0.2, 0.25) is 0 Å². The van der Waals surface area contributed by atoms with Gasteiger partial charge in [-0.25, -0.2) is 4.98 Å². The van der Waals surface area contributed by atoms with E-state index in [0.717, 1.165) is 56.0 Å². The van der Waals surface area contributed by atoms with Crippen LogP contribution in [-0.4, -0.2) is 39.5 Å². The Kier molecular flexibility index (Phi) is 5.08. The maximum Gasteiger partial charge on any atom is 0.255 e. The van der Waals surface area contributed by atoms with Gasteiger partial charge in [0.1, 0.15) is 6.26 Å². The Balaban J connectivity index is 1.31. The van der Waals surface area contributed by atoms with Gasteiger partial charge in [-0.1, -0.05) is 6.07 Å². The normalized spacial score (nSPS) is 21.2. The summed E-state index contributed by atoms with van der Waals surface area (Å²) in [5.41, 5.74) is 4.31. The van der Waals surface area contributed by atoms with Gasteiger partial charge in [0.05, 0.1) is 18.2 Å². The number of furan rings is 1. The van der Waals surface area contributed by atoms with Crippen LogP contribution < -0.4 is 5.56 Å². The summed E-state index contributed by atoms with van der Waals surface area (Å²) < 4.78 is 12.5. The van der Waals surface area contributed by atoms with E-state index >= 15 is 0 Å². The van der Waals surface area contributed by atoms with Gasteiger partial charge in [-0.15, -0.1) is 0 Å². The summed E-state index contributed by atoms with van der Waals surface area (Å²) >= 11 is 0. The Morgan fingerprint density at radius 2 is 2.07 bits per heavy atom. The lowest BCUT2D eigenvalue weighted by Gasteiger charge is -2.42. The van der Waals surface area contributed by atoms with Gasteiger partial charge < -0.3 is 13.4 Å². The first-order valence-electron chi connectivity index (χ1n) is 10.6. The monoisotopic (exact) mass is 408 g/mol. The Morgan fingerprint density at radius 3 is 2.83 bits per heavy atom. The second-order valence-electron chi connectivity index (χ2n) is 8.85. The van der Waals surface area contributed by atoms with Crippen LogP contribution in [0.1, 0.15) is 40.7 Å². The van der Waals surface area contributed by atoms with Crippen molar-refractivity contribution < 1.29 is 8.83 Å². The molecule has 0 spiro atoms. The number of hydrogen-bond donors (Lipinski definition) is 0. The van der Waals surface area contributed by atoms with E-state index < -0.39 is 0 Å². The second-order valence-corrected chi connectivity index (χ2v) is 8.85. The van der Waals surface area contributed by atoms with Crippen LogP contribution in [0.15, 0.2) is 50.6 Å². The van der Waals surface area contributed by atoms with Crippen LogP contribution in [0.4, 0.5) is 0 Å². The number of rotatable bonds is 6. The zero-order valence-corrected chi connectivity index (χ0v) is 17.6. The van der Waals surface area contributed by atoms with Gasteiger partial charge >= 0.3 is 0 Å². The van der Waals surface area contributed by atoms with Gasteiger partial charge in [0.15, 0.2) is 5.89 Å². The fourth-order valence-corrected chi connectivity index (χ4v) is 5.09. The molecule has 158 valence electrons. The summed E-state index contributed by atoms with van der Waals surface area (Å²) in [7, 11) is 2.04. The molecule has 0 amide bonds. The minimum atomic E-state index is 0.168. The highest BCUT2D eigenvalue weighted by Gasteiger charge is 2.35.